The van der Waals surface area contributed by atoms with Crippen LogP contribution in [0.2, 0.25) is 10.0 Å². The SMILES string of the molecule is CC(C)(C)NCCc1nc(Cc2c(Cl)cccc2Cl)no1. The van der Waals surface area contributed by atoms with Crippen LogP contribution < -0.4 is 5.32 Å². The van der Waals surface area contributed by atoms with E-state index in [2.05, 4.69) is 36.2 Å². The summed E-state index contributed by atoms with van der Waals surface area (Å²) in [4.78, 5) is 4.37. The molecule has 4 nitrogen and oxygen atoms in total. The second-order valence-corrected chi connectivity index (χ2v) is 6.72. The summed E-state index contributed by atoms with van der Waals surface area (Å²) in [5.74, 6) is 1.21. The zero-order valence-electron chi connectivity index (χ0n) is 12.4. The van der Waals surface area contributed by atoms with Gasteiger partial charge in [0, 0.05) is 35.0 Å². The van der Waals surface area contributed by atoms with Gasteiger partial charge in [-0.1, -0.05) is 34.4 Å². The van der Waals surface area contributed by atoms with Crippen LogP contribution >= 0.6 is 23.2 Å². The lowest BCUT2D eigenvalue weighted by Gasteiger charge is -2.19. The first-order chi connectivity index (χ1) is 9.85. The molecule has 0 saturated carbocycles. The number of hydrogen-bond donors (Lipinski definition) is 1. The zero-order valence-corrected chi connectivity index (χ0v) is 13.9. The molecule has 0 spiro atoms. The highest BCUT2D eigenvalue weighted by molar-refractivity contribution is 6.36. The molecule has 0 amide bonds. The quantitative estimate of drug-likeness (QED) is 0.904. The molecule has 0 aliphatic carbocycles. The molecule has 1 N–H and O–H groups in total. The maximum Gasteiger partial charge on any atom is 0.227 e. The first-order valence-corrected chi connectivity index (χ1v) is 7.60. The van der Waals surface area contributed by atoms with E-state index in [1.807, 2.05) is 6.07 Å². The molecule has 0 fully saturated rings. The molecule has 0 saturated heterocycles. The van der Waals surface area contributed by atoms with Crippen LogP contribution in [0.5, 0.6) is 0 Å². The van der Waals surface area contributed by atoms with E-state index >= 15 is 0 Å². The highest BCUT2D eigenvalue weighted by Gasteiger charge is 2.13. The number of hydrogen-bond acceptors (Lipinski definition) is 4. The Bertz CT molecular complexity index is 585. The molecule has 0 bridgehead atoms. The summed E-state index contributed by atoms with van der Waals surface area (Å²) in [6.07, 6.45) is 1.16. The van der Waals surface area contributed by atoms with E-state index in [0.717, 1.165) is 12.1 Å². The van der Waals surface area contributed by atoms with Crippen molar-refractivity contribution < 1.29 is 4.52 Å². The highest BCUT2D eigenvalue weighted by atomic mass is 35.5. The van der Waals surface area contributed by atoms with Crippen LogP contribution in [0.15, 0.2) is 22.7 Å². The van der Waals surface area contributed by atoms with Gasteiger partial charge < -0.3 is 9.84 Å². The summed E-state index contributed by atoms with van der Waals surface area (Å²) in [5.41, 5.74) is 0.898. The van der Waals surface area contributed by atoms with Crippen LogP contribution in [0, 0.1) is 0 Å². The van der Waals surface area contributed by atoms with Crippen molar-refractivity contribution in [3.63, 3.8) is 0 Å². The average molecular weight is 328 g/mol. The molecule has 0 atom stereocenters. The number of aromatic nitrogens is 2. The van der Waals surface area contributed by atoms with E-state index in [0.29, 0.717) is 34.6 Å². The van der Waals surface area contributed by atoms with Crippen molar-refractivity contribution >= 4 is 23.2 Å². The number of halogens is 2. The van der Waals surface area contributed by atoms with Gasteiger partial charge in [-0.05, 0) is 38.5 Å². The fourth-order valence-corrected chi connectivity index (χ4v) is 2.40. The Balaban J connectivity index is 1.97. The molecule has 0 aliphatic heterocycles. The lowest BCUT2D eigenvalue weighted by Crippen LogP contribution is -2.37. The first-order valence-electron chi connectivity index (χ1n) is 6.84. The molecule has 1 aromatic carbocycles. The van der Waals surface area contributed by atoms with E-state index in [-0.39, 0.29) is 5.54 Å². The van der Waals surface area contributed by atoms with Gasteiger partial charge in [0.15, 0.2) is 5.82 Å². The molecule has 6 heteroatoms. The predicted molar refractivity (Wildman–Crippen MR) is 85.0 cm³/mol. The molecule has 114 valence electrons. The van der Waals surface area contributed by atoms with Crippen molar-refractivity contribution in [2.24, 2.45) is 0 Å². The fourth-order valence-electron chi connectivity index (χ4n) is 1.87. The molecule has 2 rings (SSSR count). The number of nitrogens with zero attached hydrogens (tertiary/aromatic N) is 2. The molecule has 1 heterocycles. The van der Waals surface area contributed by atoms with E-state index in [9.17, 15) is 0 Å². The molecule has 21 heavy (non-hydrogen) atoms. The highest BCUT2D eigenvalue weighted by Crippen LogP contribution is 2.26. The minimum atomic E-state index is 0.0773. The summed E-state index contributed by atoms with van der Waals surface area (Å²) < 4.78 is 5.24. The van der Waals surface area contributed by atoms with Crippen molar-refractivity contribution in [3.8, 4) is 0 Å². The molecule has 2 aromatic rings. The third-order valence-electron chi connectivity index (χ3n) is 2.90. The maximum absolute atomic E-state index is 6.14. The van der Waals surface area contributed by atoms with Gasteiger partial charge >= 0.3 is 0 Å². The summed E-state index contributed by atoms with van der Waals surface area (Å²) in [6.45, 7) is 7.14. The number of rotatable bonds is 5. The second kappa shape index (κ2) is 6.77. The smallest absolute Gasteiger partial charge is 0.227 e. The standard InChI is InChI=1S/C15H19Cl2N3O/c1-15(2,3)18-8-7-14-19-13(20-21-14)9-10-11(16)5-4-6-12(10)17/h4-6,18H,7-9H2,1-3H3. The molecule has 0 aliphatic rings. The topological polar surface area (TPSA) is 51.0 Å². The van der Waals surface area contributed by atoms with Crippen molar-refractivity contribution in [3.05, 3.63) is 45.5 Å². The van der Waals surface area contributed by atoms with E-state index in [4.69, 9.17) is 27.7 Å². The monoisotopic (exact) mass is 327 g/mol. The van der Waals surface area contributed by atoms with Gasteiger partial charge in [0.05, 0.1) is 0 Å². The van der Waals surface area contributed by atoms with Crippen molar-refractivity contribution in [1.82, 2.24) is 15.5 Å². The van der Waals surface area contributed by atoms with Crippen LogP contribution in [-0.2, 0) is 12.8 Å². The normalized spacial score (nSPS) is 11.9. The average Bonchev–Trinajstić information content (AvgIpc) is 2.80. The minimum absolute atomic E-state index is 0.0773. The van der Waals surface area contributed by atoms with Gasteiger partial charge in [0.1, 0.15) is 0 Å². The largest absolute Gasteiger partial charge is 0.339 e. The predicted octanol–water partition coefficient (Wildman–Crippen LogP) is 3.90. The number of benzene rings is 1. The Morgan fingerprint density at radius 1 is 1.19 bits per heavy atom. The number of nitrogens with one attached hydrogen (secondary N) is 1. The molecule has 1 aromatic heterocycles. The molecule has 0 radical (unpaired) electrons. The summed E-state index contributed by atoms with van der Waals surface area (Å²) in [6, 6.07) is 5.42. The Labute approximate surface area is 134 Å². The summed E-state index contributed by atoms with van der Waals surface area (Å²) in [5, 5.41) is 8.58. The first kappa shape index (κ1) is 16.3. The Kier molecular flexibility index (Phi) is 5.25. The van der Waals surface area contributed by atoms with E-state index in [1.54, 1.807) is 12.1 Å². The van der Waals surface area contributed by atoms with E-state index < -0.39 is 0 Å². The van der Waals surface area contributed by atoms with Crippen molar-refractivity contribution in [2.75, 3.05) is 6.54 Å². The van der Waals surface area contributed by atoms with Crippen LogP contribution in [0.1, 0.15) is 38.0 Å². The molecule has 0 unspecified atom stereocenters. The Morgan fingerprint density at radius 3 is 2.48 bits per heavy atom. The Morgan fingerprint density at radius 2 is 1.86 bits per heavy atom. The third kappa shape index (κ3) is 4.99. The summed E-state index contributed by atoms with van der Waals surface area (Å²) >= 11 is 12.3. The van der Waals surface area contributed by atoms with Gasteiger partial charge in [-0.2, -0.15) is 4.98 Å². The maximum atomic E-state index is 6.14. The minimum Gasteiger partial charge on any atom is -0.339 e. The van der Waals surface area contributed by atoms with Crippen molar-refractivity contribution in [2.45, 2.75) is 39.2 Å². The Hall–Kier alpha value is -1.10. The van der Waals surface area contributed by atoms with Crippen LogP contribution in [0.3, 0.4) is 0 Å². The van der Waals surface area contributed by atoms with E-state index in [1.165, 1.54) is 0 Å². The lowest BCUT2D eigenvalue weighted by atomic mass is 10.1. The van der Waals surface area contributed by atoms with Gasteiger partial charge in [-0.15, -0.1) is 0 Å². The molecular formula is C15H19Cl2N3O. The van der Waals surface area contributed by atoms with Gasteiger partial charge in [-0.25, -0.2) is 0 Å². The second-order valence-electron chi connectivity index (χ2n) is 5.91. The fraction of sp³-hybridized carbons (Fsp3) is 0.467. The lowest BCUT2D eigenvalue weighted by molar-refractivity contribution is 0.359. The molecular weight excluding hydrogens is 309 g/mol. The van der Waals surface area contributed by atoms with Crippen LogP contribution in [0.25, 0.3) is 0 Å². The van der Waals surface area contributed by atoms with Gasteiger partial charge in [0.25, 0.3) is 0 Å². The van der Waals surface area contributed by atoms with Crippen LogP contribution in [0.4, 0.5) is 0 Å². The van der Waals surface area contributed by atoms with Crippen molar-refractivity contribution in [1.29, 1.82) is 0 Å². The third-order valence-corrected chi connectivity index (χ3v) is 3.61. The van der Waals surface area contributed by atoms with Gasteiger partial charge in [0.2, 0.25) is 5.89 Å². The van der Waals surface area contributed by atoms with Crippen LogP contribution in [-0.4, -0.2) is 22.2 Å². The zero-order chi connectivity index (χ0) is 15.5. The van der Waals surface area contributed by atoms with Gasteiger partial charge in [-0.3, -0.25) is 0 Å². The summed E-state index contributed by atoms with van der Waals surface area (Å²) in [7, 11) is 0.